The SMILES string of the molecule is COc1cc(CO)cc(OC)c1C=CCCNC(=O)OCc1ccccc1. The van der Waals surface area contributed by atoms with Gasteiger partial charge in [0.2, 0.25) is 0 Å². The molecule has 0 spiro atoms. The van der Waals surface area contributed by atoms with Crippen LogP contribution in [0.5, 0.6) is 11.5 Å². The van der Waals surface area contributed by atoms with E-state index in [1.54, 1.807) is 26.4 Å². The third kappa shape index (κ3) is 6.34. The minimum Gasteiger partial charge on any atom is -0.496 e. The fraction of sp³-hybridized carbons (Fsp3) is 0.286. The second kappa shape index (κ2) is 10.9. The number of carbonyl (C=O) groups excluding carboxylic acids is 1. The minimum absolute atomic E-state index is 0.0915. The molecule has 0 heterocycles. The van der Waals surface area contributed by atoms with Gasteiger partial charge in [0.15, 0.2) is 0 Å². The zero-order valence-electron chi connectivity index (χ0n) is 15.6. The van der Waals surface area contributed by atoms with Crippen molar-refractivity contribution in [1.29, 1.82) is 0 Å². The van der Waals surface area contributed by atoms with Crippen LogP contribution in [0.1, 0.15) is 23.1 Å². The molecular weight excluding hydrogens is 346 g/mol. The van der Waals surface area contributed by atoms with Crippen molar-refractivity contribution in [2.75, 3.05) is 20.8 Å². The van der Waals surface area contributed by atoms with Gasteiger partial charge < -0.3 is 24.6 Å². The highest BCUT2D eigenvalue weighted by molar-refractivity contribution is 5.67. The van der Waals surface area contributed by atoms with Gasteiger partial charge in [-0.3, -0.25) is 0 Å². The topological polar surface area (TPSA) is 77.0 Å². The zero-order valence-corrected chi connectivity index (χ0v) is 15.6. The molecule has 0 fully saturated rings. The Morgan fingerprint density at radius 1 is 1.07 bits per heavy atom. The van der Waals surface area contributed by atoms with Crippen LogP contribution in [0.15, 0.2) is 48.5 Å². The molecule has 27 heavy (non-hydrogen) atoms. The van der Waals surface area contributed by atoms with Crippen molar-refractivity contribution >= 4 is 12.2 Å². The first-order valence-electron chi connectivity index (χ1n) is 8.64. The van der Waals surface area contributed by atoms with Crippen LogP contribution in [0, 0.1) is 0 Å². The first-order valence-corrected chi connectivity index (χ1v) is 8.64. The van der Waals surface area contributed by atoms with Crippen molar-refractivity contribution in [3.8, 4) is 11.5 Å². The lowest BCUT2D eigenvalue weighted by molar-refractivity contribution is 0.140. The van der Waals surface area contributed by atoms with Gasteiger partial charge in [0, 0.05) is 6.54 Å². The molecule has 0 unspecified atom stereocenters. The second-order valence-corrected chi connectivity index (χ2v) is 5.75. The van der Waals surface area contributed by atoms with Gasteiger partial charge in [0.05, 0.1) is 26.4 Å². The lowest BCUT2D eigenvalue weighted by Crippen LogP contribution is -2.24. The minimum atomic E-state index is -0.449. The summed E-state index contributed by atoms with van der Waals surface area (Å²) in [5.74, 6) is 1.23. The maximum Gasteiger partial charge on any atom is 0.407 e. The molecular formula is C21H25NO5. The fourth-order valence-corrected chi connectivity index (χ4v) is 2.48. The van der Waals surface area contributed by atoms with Crippen molar-refractivity contribution in [3.63, 3.8) is 0 Å². The van der Waals surface area contributed by atoms with E-state index in [1.165, 1.54) is 0 Å². The quantitative estimate of drug-likeness (QED) is 0.660. The molecule has 2 aromatic rings. The number of hydrogen-bond acceptors (Lipinski definition) is 5. The third-order valence-electron chi connectivity index (χ3n) is 3.86. The Labute approximate surface area is 159 Å². The molecule has 6 nitrogen and oxygen atoms in total. The van der Waals surface area contributed by atoms with Crippen LogP contribution in [0.25, 0.3) is 6.08 Å². The Morgan fingerprint density at radius 3 is 2.33 bits per heavy atom. The molecule has 0 aliphatic rings. The molecule has 0 aliphatic carbocycles. The fourth-order valence-electron chi connectivity index (χ4n) is 2.48. The summed E-state index contributed by atoms with van der Waals surface area (Å²) >= 11 is 0. The smallest absolute Gasteiger partial charge is 0.407 e. The number of amides is 1. The van der Waals surface area contributed by atoms with E-state index in [9.17, 15) is 9.90 Å². The predicted molar refractivity (Wildman–Crippen MR) is 104 cm³/mol. The van der Waals surface area contributed by atoms with E-state index in [1.807, 2.05) is 42.5 Å². The van der Waals surface area contributed by atoms with Gasteiger partial charge in [-0.25, -0.2) is 4.79 Å². The van der Waals surface area contributed by atoms with Crippen LogP contribution in [-0.4, -0.2) is 32.0 Å². The molecule has 0 bridgehead atoms. The summed E-state index contributed by atoms with van der Waals surface area (Å²) in [5, 5.41) is 12.0. The van der Waals surface area contributed by atoms with E-state index in [4.69, 9.17) is 14.2 Å². The molecule has 1 amide bonds. The summed E-state index contributed by atoms with van der Waals surface area (Å²) in [6.07, 6.45) is 3.95. The zero-order chi connectivity index (χ0) is 19.5. The number of rotatable bonds is 9. The molecule has 144 valence electrons. The normalized spacial score (nSPS) is 10.6. The summed E-state index contributed by atoms with van der Waals surface area (Å²) in [4.78, 5) is 11.7. The highest BCUT2D eigenvalue weighted by atomic mass is 16.5. The lowest BCUT2D eigenvalue weighted by Gasteiger charge is -2.12. The summed E-state index contributed by atoms with van der Waals surface area (Å²) in [6.45, 7) is 0.601. The largest absolute Gasteiger partial charge is 0.496 e. The van der Waals surface area contributed by atoms with Gasteiger partial charge in [-0.2, -0.15) is 0 Å². The average molecular weight is 371 g/mol. The third-order valence-corrected chi connectivity index (χ3v) is 3.86. The Hall–Kier alpha value is -2.99. The van der Waals surface area contributed by atoms with Crippen molar-refractivity contribution in [3.05, 3.63) is 65.2 Å². The van der Waals surface area contributed by atoms with Crippen molar-refractivity contribution in [2.45, 2.75) is 19.6 Å². The highest BCUT2D eigenvalue weighted by Gasteiger charge is 2.09. The van der Waals surface area contributed by atoms with E-state index in [0.717, 1.165) is 11.1 Å². The van der Waals surface area contributed by atoms with Crippen LogP contribution in [0.3, 0.4) is 0 Å². The second-order valence-electron chi connectivity index (χ2n) is 5.75. The van der Waals surface area contributed by atoms with Gasteiger partial charge >= 0.3 is 6.09 Å². The summed E-state index contributed by atoms with van der Waals surface area (Å²) < 4.78 is 15.9. The molecule has 2 N–H and O–H groups in total. The van der Waals surface area contributed by atoms with Crippen molar-refractivity contribution < 1.29 is 24.1 Å². The molecule has 0 saturated carbocycles. The van der Waals surface area contributed by atoms with Crippen molar-refractivity contribution in [2.24, 2.45) is 0 Å². The molecule has 0 atom stereocenters. The summed E-state index contributed by atoms with van der Waals surface area (Å²) in [6, 6.07) is 13.0. The average Bonchev–Trinajstić information content (AvgIpc) is 2.72. The molecule has 2 rings (SSSR count). The van der Waals surface area contributed by atoms with Gasteiger partial charge in [-0.15, -0.1) is 0 Å². The van der Waals surface area contributed by atoms with E-state index in [-0.39, 0.29) is 13.2 Å². The van der Waals surface area contributed by atoms with Gasteiger partial charge in [0.1, 0.15) is 18.1 Å². The highest BCUT2D eigenvalue weighted by Crippen LogP contribution is 2.32. The van der Waals surface area contributed by atoms with Crippen molar-refractivity contribution in [1.82, 2.24) is 5.32 Å². The van der Waals surface area contributed by atoms with E-state index in [2.05, 4.69) is 5.32 Å². The number of aliphatic hydroxyl groups is 1. The van der Waals surface area contributed by atoms with E-state index >= 15 is 0 Å². The van der Waals surface area contributed by atoms with Gasteiger partial charge in [0.25, 0.3) is 0 Å². The van der Waals surface area contributed by atoms with Gasteiger partial charge in [-0.05, 0) is 29.7 Å². The van der Waals surface area contributed by atoms with Crippen LogP contribution in [-0.2, 0) is 18.0 Å². The van der Waals surface area contributed by atoms with Gasteiger partial charge in [-0.1, -0.05) is 42.5 Å². The number of benzene rings is 2. The van der Waals surface area contributed by atoms with Crippen LogP contribution < -0.4 is 14.8 Å². The Kier molecular flexibility index (Phi) is 8.19. The Balaban J connectivity index is 1.82. The molecule has 0 radical (unpaired) electrons. The maximum absolute atomic E-state index is 11.7. The predicted octanol–water partition coefficient (Wildman–Crippen LogP) is 3.53. The molecule has 6 heteroatoms. The molecule has 2 aromatic carbocycles. The number of hydrogen-bond donors (Lipinski definition) is 2. The number of carbonyl (C=O) groups is 1. The van der Waals surface area contributed by atoms with E-state index < -0.39 is 6.09 Å². The Bertz CT molecular complexity index is 733. The van der Waals surface area contributed by atoms with Crippen LogP contribution in [0.4, 0.5) is 4.79 Å². The first kappa shape index (κ1) is 20.3. The van der Waals surface area contributed by atoms with E-state index in [0.29, 0.717) is 30.0 Å². The molecule has 0 saturated heterocycles. The maximum atomic E-state index is 11.7. The summed E-state index contributed by atoms with van der Waals surface area (Å²) in [7, 11) is 3.13. The number of alkyl carbamates (subject to hydrolysis) is 1. The monoisotopic (exact) mass is 371 g/mol. The number of methoxy groups -OCH3 is 2. The Morgan fingerprint density at radius 2 is 1.74 bits per heavy atom. The lowest BCUT2D eigenvalue weighted by atomic mass is 10.1. The summed E-state index contributed by atoms with van der Waals surface area (Å²) in [5.41, 5.74) is 2.44. The number of aliphatic hydroxyl groups excluding tert-OH is 1. The number of nitrogens with one attached hydrogen (secondary N) is 1. The number of ether oxygens (including phenoxy) is 3. The standard InChI is InChI=1S/C21H25NO5/c1-25-19-12-17(14-23)13-20(26-2)18(19)10-6-7-11-22-21(24)27-15-16-8-4-3-5-9-16/h3-6,8-10,12-13,23H,7,11,14-15H2,1-2H3,(H,22,24). The van der Waals surface area contributed by atoms with Crippen LogP contribution >= 0.6 is 0 Å². The van der Waals surface area contributed by atoms with Crippen LogP contribution in [0.2, 0.25) is 0 Å². The molecule has 0 aliphatic heterocycles. The molecule has 0 aromatic heterocycles. The first-order chi connectivity index (χ1) is 13.2.